The van der Waals surface area contributed by atoms with Gasteiger partial charge in [0.25, 0.3) is 5.91 Å². The maximum Gasteiger partial charge on any atom is 0.307 e. The van der Waals surface area contributed by atoms with E-state index < -0.39 is 11.7 Å². The van der Waals surface area contributed by atoms with Gasteiger partial charge in [-0.05, 0) is 24.1 Å². The lowest BCUT2D eigenvalue weighted by Crippen LogP contribution is -2.31. The monoisotopic (exact) mass is 308 g/mol. The summed E-state index contributed by atoms with van der Waals surface area (Å²) in [5.74, 6) is -3.84. The molecular formula is C14H14F2N4O2. The molecule has 0 fully saturated rings. The predicted octanol–water partition coefficient (Wildman–Crippen LogP) is 2.08. The van der Waals surface area contributed by atoms with E-state index in [9.17, 15) is 13.6 Å². The maximum atomic E-state index is 13.0. The molecule has 2 heterocycles. The van der Waals surface area contributed by atoms with Crippen LogP contribution >= 0.6 is 0 Å². The molecule has 1 aliphatic rings. The van der Waals surface area contributed by atoms with Crippen molar-refractivity contribution in [3.8, 4) is 0 Å². The Morgan fingerprint density at radius 1 is 1.45 bits per heavy atom. The zero-order chi connectivity index (χ0) is 15.7. The van der Waals surface area contributed by atoms with Gasteiger partial charge in [-0.1, -0.05) is 11.2 Å². The van der Waals surface area contributed by atoms with Crippen LogP contribution in [0.15, 0.2) is 22.7 Å². The molecule has 22 heavy (non-hydrogen) atoms. The smallest absolute Gasteiger partial charge is 0.307 e. The van der Waals surface area contributed by atoms with Crippen LogP contribution in [-0.4, -0.2) is 22.6 Å². The molecule has 0 saturated heterocycles. The molecule has 0 radical (unpaired) electrons. The zero-order valence-electron chi connectivity index (χ0n) is 11.8. The van der Waals surface area contributed by atoms with E-state index in [1.54, 1.807) is 6.07 Å². The Labute approximate surface area is 124 Å². The van der Waals surface area contributed by atoms with Gasteiger partial charge in [-0.3, -0.25) is 4.79 Å². The first kappa shape index (κ1) is 14.4. The number of amides is 1. The van der Waals surface area contributed by atoms with E-state index in [1.807, 2.05) is 12.1 Å². The Hall–Kier alpha value is -2.51. The number of carbonyl (C=O) groups excluding carboxylic acids is 1. The molecular weight excluding hydrogens is 294 g/mol. The van der Waals surface area contributed by atoms with E-state index in [4.69, 9.17) is 4.52 Å². The number of hydrogen-bond donors (Lipinski definition) is 2. The van der Waals surface area contributed by atoms with Gasteiger partial charge in [0, 0.05) is 24.7 Å². The SMILES string of the molecule is CC(F)(F)c1noc(CNc2ccc3c(c2)C(=O)NCC3)n1. The number of fused-ring (bicyclic) bond motifs is 1. The van der Waals surface area contributed by atoms with Gasteiger partial charge in [-0.15, -0.1) is 0 Å². The molecule has 0 bridgehead atoms. The molecule has 0 unspecified atom stereocenters. The first-order valence-electron chi connectivity index (χ1n) is 6.79. The summed E-state index contributed by atoms with van der Waals surface area (Å²) >= 11 is 0. The topological polar surface area (TPSA) is 80.0 Å². The summed E-state index contributed by atoms with van der Waals surface area (Å²) in [7, 11) is 0. The standard InChI is InChI=1S/C14H14F2N4O2/c1-14(15,16)13-19-11(22-20-13)7-18-9-3-2-8-4-5-17-12(21)10(8)6-9/h2-3,6,18H,4-5,7H2,1H3,(H,17,21). The Bertz CT molecular complexity index is 709. The lowest BCUT2D eigenvalue weighted by molar-refractivity contribution is 0.00559. The Morgan fingerprint density at radius 2 is 2.27 bits per heavy atom. The molecule has 2 aromatic rings. The van der Waals surface area contributed by atoms with Crippen molar-refractivity contribution in [2.24, 2.45) is 0 Å². The zero-order valence-corrected chi connectivity index (χ0v) is 11.8. The van der Waals surface area contributed by atoms with Crippen molar-refractivity contribution in [3.63, 3.8) is 0 Å². The molecule has 1 amide bonds. The largest absolute Gasteiger partial charge is 0.376 e. The summed E-state index contributed by atoms with van der Waals surface area (Å²) < 4.78 is 30.8. The summed E-state index contributed by atoms with van der Waals surface area (Å²) in [6.07, 6.45) is 0.792. The fraction of sp³-hybridized carbons (Fsp3) is 0.357. The minimum absolute atomic E-state index is 0.0543. The van der Waals surface area contributed by atoms with Crippen LogP contribution in [0.1, 0.15) is 34.6 Å². The highest BCUT2D eigenvalue weighted by molar-refractivity contribution is 5.97. The molecule has 0 aliphatic carbocycles. The second kappa shape index (κ2) is 5.36. The fourth-order valence-electron chi connectivity index (χ4n) is 2.20. The molecule has 3 rings (SSSR count). The maximum absolute atomic E-state index is 13.0. The number of halogens is 2. The third-order valence-electron chi connectivity index (χ3n) is 3.34. The Kier molecular flexibility index (Phi) is 3.51. The third-order valence-corrected chi connectivity index (χ3v) is 3.34. The quantitative estimate of drug-likeness (QED) is 0.904. The highest BCUT2D eigenvalue weighted by Crippen LogP contribution is 2.24. The van der Waals surface area contributed by atoms with Gasteiger partial charge in [0.15, 0.2) is 0 Å². The van der Waals surface area contributed by atoms with E-state index >= 15 is 0 Å². The van der Waals surface area contributed by atoms with Crippen LogP contribution in [0.3, 0.4) is 0 Å². The molecule has 0 atom stereocenters. The van der Waals surface area contributed by atoms with Crippen molar-refractivity contribution < 1.29 is 18.1 Å². The van der Waals surface area contributed by atoms with Crippen LogP contribution in [-0.2, 0) is 18.9 Å². The molecule has 2 N–H and O–H groups in total. The van der Waals surface area contributed by atoms with Gasteiger partial charge in [0.1, 0.15) is 0 Å². The molecule has 116 valence electrons. The normalized spacial score (nSPS) is 14.4. The molecule has 0 spiro atoms. The summed E-state index contributed by atoms with van der Waals surface area (Å²) in [4.78, 5) is 15.4. The lowest BCUT2D eigenvalue weighted by atomic mass is 10.00. The summed E-state index contributed by atoms with van der Waals surface area (Å²) in [5, 5.41) is 8.99. The van der Waals surface area contributed by atoms with E-state index in [0.717, 1.165) is 12.0 Å². The highest BCUT2D eigenvalue weighted by Gasteiger charge is 2.30. The number of alkyl halides is 2. The number of nitrogens with zero attached hydrogens (tertiary/aromatic N) is 2. The number of rotatable bonds is 4. The predicted molar refractivity (Wildman–Crippen MR) is 73.7 cm³/mol. The molecule has 1 aromatic carbocycles. The van der Waals surface area contributed by atoms with Crippen molar-refractivity contribution in [3.05, 3.63) is 41.0 Å². The van der Waals surface area contributed by atoms with Crippen molar-refractivity contribution in [2.45, 2.75) is 25.8 Å². The Morgan fingerprint density at radius 3 is 3.00 bits per heavy atom. The van der Waals surface area contributed by atoms with Crippen LogP contribution < -0.4 is 10.6 Å². The third kappa shape index (κ3) is 2.90. The number of hydrogen-bond acceptors (Lipinski definition) is 5. The average molecular weight is 308 g/mol. The van der Waals surface area contributed by atoms with Gasteiger partial charge in [0.2, 0.25) is 11.7 Å². The van der Waals surface area contributed by atoms with E-state index in [-0.39, 0.29) is 18.3 Å². The van der Waals surface area contributed by atoms with E-state index in [0.29, 0.717) is 24.7 Å². The Balaban J connectivity index is 1.70. The van der Waals surface area contributed by atoms with Crippen LogP contribution in [0.25, 0.3) is 0 Å². The van der Waals surface area contributed by atoms with Gasteiger partial charge in [-0.25, -0.2) is 0 Å². The van der Waals surface area contributed by atoms with Crippen molar-refractivity contribution in [2.75, 3.05) is 11.9 Å². The van der Waals surface area contributed by atoms with Crippen LogP contribution in [0.5, 0.6) is 0 Å². The van der Waals surface area contributed by atoms with Crippen LogP contribution in [0.4, 0.5) is 14.5 Å². The minimum atomic E-state index is -3.13. The molecule has 8 heteroatoms. The number of nitrogens with one attached hydrogen (secondary N) is 2. The average Bonchev–Trinajstić information content (AvgIpc) is 2.95. The number of benzene rings is 1. The van der Waals surface area contributed by atoms with Gasteiger partial charge < -0.3 is 15.2 Å². The summed E-state index contributed by atoms with van der Waals surface area (Å²) in [6.45, 7) is 1.44. The van der Waals surface area contributed by atoms with Crippen molar-refractivity contribution in [1.82, 2.24) is 15.5 Å². The first-order chi connectivity index (χ1) is 10.4. The molecule has 1 aliphatic heterocycles. The highest BCUT2D eigenvalue weighted by atomic mass is 19.3. The number of anilines is 1. The number of carbonyl (C=O) groups is 1. The van der Waals surface area contributed by atoms with Gasteiger partial charge in [-0.2, -0.15) is 13.8 Å². The second-order valence-electron chi connectivity index (χ2n) is 5.13. The van der Waals surface area contributed by atoms with Crippen molar-refractivity contribution in [1.29, 1.82) is 0 Å². The fourth-order valence-corrected chi connectivity index (χ4v) is 2.20. The minimum Gasteiger partial charge on any atom is -0.376 e. The number of aromatic nitrogens is 2. The first-order valence-corrected chi connectivity index (χ1v) is 6.79. The lowest BCUT2D eigenvalue weighted by Gasteiger charge is -2.17. The van der Waals surface area contributed by atoms with Gasteiger partial charge >= 0.3 is 5.92 Å². The molecule has 1 aromatic heterocycles. The van der Waals surface area contributed by atoms with E-state index in [2.05, 4.69) is 20.8 Å². The van der Waals surface area contributed by atoms with Gasteiger partial charge in [0.05, 0.1) is 6.54 Å². The summed E-state index contributed by atoms with van der Waals surface area (Å²) in [6, 6.07) is 5.41. The second-order valence-corrected chi connectivity index (χ2v) is 5.13. The molecule has 6 nitrogen and oxygen atoms in total. The van der Waals surface area contributed by atoms with Crippen molar-refractivity contribution >= 4 is 11.6 Å². The summed E-state index contributed by atoms with van der Waals surface area (Å²) in [5.41, 5.74) is 2.28. The van der Waals surface area contributed by atoms with E-state index in [1.165, 1.54) is 0 Å². The molecule has 0 saturated carbocycles. The van der Waals surface area contributed by atoms with Crippen LogP contribution in [0, 0.1) is 0 Å². The van der Waals surface area contributed by atoms with Crippen LogP contribution in [0.2, 0.25) is 0 Å².